The van der Waals surface area contributed by atoms with Crippen LogP contribution in [0.25, 0.3) is 11.1 Å². The summed E-state index contributed by atoms with van der Waals surface area (Å²) < 4.78 is 9.79. The standard InChI is InChI=1S/C10H12N4O3/c1-3-16-7(15)4-11-9-8-6(2)14-17-10(8)13-5-12-9/h5H,3-4H2,1-2H3,(H,11,12,13). The van der Waals surface area contributed by atoms with Gasteiger partial charge in [-0.2, -0.15) is 4.98 Å². The topological polar surface area (TPSA) is 90.1 Å². The van der Waals surface area contributed by atoms with Crippen LogP contribution < -0.4 is 5.32 Å². The zero-order valence-corrected chi connectivity index (χ0v) is 9.56. The first kappa shape index (κ1) is 11.3. The molecule has 0 unspecified atom stereocenters. The second-order valence-corrected chi connectivity index (χ2v) is 3.33. The van der Waals surface area contributed by atoms with Crippen LogP contribution in [0, 0.1) is 6.92 Å². The van der Waals surface area contributed by atoms with E-state index in [2.05, 4.69) is 20.4 Å². The lowest BCUT2D eigenvalue weighted by Crippen LogP contribution is -2.17. The van der Waals surface area contributed by atoms with Crippen LogP contribution in [0.5, 0.6) is 0 Å². The molecule has 17 heavy (non-hydrogen) atoms. The number of esters is 1. The van der Waals surface area contributed by atoms with Crippen LogP contribution in [0.2, 0.25) is 0 Å². The van der Waals surface area contributed by atoms with Gasteiger partial charge in [-0.25, -0.2) is 4.98 Å². The van der Waals surface area contributed by atoms with E-state index in [1.165, 1.54) is 6.33 Å². The zero-order chi connectivity index (χ0) is 12.3. The lowest BCUT2D eigenvalue weighted by Gasteiger charge is -2.05. The summed E-state index contributed by atoms with van der Waals surface area (Å²) in [6.45, 7) is 3.94. The van der Waals surface area contributed by atoms with Gasteiger partial charge in [0.05, 0.1) is 12.3 Å². The van der Waals surface area contributed by atoms with E-state index in [1.54, 1.807) is 13.8 Å². The highest BCUT2D eigenvalue weighted by molar-refractivity contribution is 5.88. The van der Waals surface area contributed by atoms with E-state index in [0.29, 0.717) is 29.2 Å². The average molecular weight is 236 g/mol. The molecule has 0 atom stereocenters. The number of ether oxygens (including phenoxy) is 1. The highest BCUT2D eigenvalue weighted by Gasteiger charge is 2.12. The molecular formula is C10H12N4O3. The molecule has 0 aliphatic heterocycles. The lowest BCUT2D eigenvalue weighted by molar-refractivity contribution is -0.140. The van der Waals surface area contributed by atoms with Crippen molar-refractivity contribution in [2.24, 2.45) is 0 Å². The summed E-state index contributed by atoms with van der Waals surface area (Å²) >= 11 is 0. The SMILES string of the molecule is CCOC(=O)CNc1ncnc2onc(C)c12. The molecule has 0 saturated heterocycles. The minimum absolute atomic E-state index is 0.0462. The second-order valence-electron chi connectivity index (χ2n) is 3.33. The number of rotatable bonds is 4. The van der Waals surface area contributed by atoms with Gasteiger partial charge in [0.25, 0.3) is 5.71 Å². The summed E-state index contributed by atoms with van der Waals surface area (Å²) in [5.41, 5.74) is 1.07. The first-order valence-corrected chi connectivity index (χ1v) is 5.19. The Labute approximate surface area is 97.2 Å². The monoisotopic (exact) mass is 236 g/mol. The maximum Gasteiger partial charge on any atom is 0.325 e. The molecule has 0 aliphatic carbocycles. The zero-order valence-electron chi connectivity index (χ0n) is 9.56. The van der Waals surface area contributed by atoms with Crippen LogP contribution >= 0.6 is 0 Å². The molecule has 0 fully saturated rings. The molecule has 0 bridgehead atoms. The minimum Gasteiger partial charge on any atom is -0.465 e. The van der Waals surface area contributed by atoms with E-state index < -0.39 is 0 Å². The third-order valence-electron chi connectivity index (χ3n) is 2.15. The van der Waals surface area contributed by atoms with Crippen molar-refractivity contribution in [1.82, 2.24) is 15.1 Å². The third-order valence-corrected chi connectivity index (χ3v) is 2.15. The third kappa shape index (κ3) is 2.32. The van der Waals surface area contributed by atoms with Gasteiger partial charge in [-0.15, -0.1) is 0 Å². The van der Waals surface area contributed by atoms with Crippen LogP contribution in [-0.2, 0) is 9.53 Å². The van der Waals surface area contributed by atoms with Gasteiger partial charge in [0.1, 0.15) is 24.1 Å². The molecule has 0 aromatic carbocycles. The molecule has 90 valence electrons. The van der Waals surface area contributed by atoms with Crippen LogP contribution in [0.15, 0.2) is 10.9 Å². The van der Waals surface area contributed by atoms with E-state index in [9.17, 15) is 4.79 Å². The fourth-order valence-corrected chi connectivity index (χ4v) is 1.42. The van der Waals surface area contributed by atoms with Crippen molar-refractivity contribution in [2.75, 3.05) is 18.5 Å². The summed E-state index contributed by atoms with van der Waals surface area (Å²) in [7, 11) is 0. The highest BCUT2D eigenvalue weighted by Crippen LogP contribution is 2.21. The van der Waals surface area contributed by atoms with Crippen molar-refractivity contribution in [3.8, 4) is 0 Å². The highest BCUT2D eigenvalue weighted by atomic mass is 16.5. The number of hydrogen-bond acceptors (Lipinski definition) is 7. The van der Waals surface area contributed by atoms with E-state index in [0.717, 1.165) is 0 Å². The van der Waals surface area contributed by atoms with E-state index in [4.69, 9.17) is 9.26 Å². The first-order valence-electron chi connectivity index (χ1n) is 5.19. The maximum absolute atomic E-state index is 11.2. The normalized spacial score (nSPS) is 10.5. The fourth-order valence-electron chi connectivity index (χ4n) is 1.42. The molecule has 0 saturated carbocycles. The van der Waals surface area contributed by atoms with Crippen LogP contribution in [0.4, 0.5) is 5.82 Å². The summed E-state index contributed by atoms with van der Waals surface area (Å²) in [5, 5.41) is 7.34. The Bertz CT molecular complexity index is 537. The van der Waals surface area contributed by atoms with Crippen molar-refractivity contribution in [1.29, 1.82) is 0 Å². The molecule has 2 aromatic heterocycles. The molecule has 2 heterocycles. The number of anilines is 1. The molecule has 0 amide bonds. The van der Waals surface area contributed by atoms with E-state index in [1.807, 2.05) is 0 Å². The van der Waals surface area contributed by atoms with Crippen molar-refractivity contribution >= 4 is 22.9 Å². The molecule has 0 aliphatic rings. The number of carbonyl (C=O) groups excluding carboxylic acids is 1. The lowest BCUT2D eigenvalue weighted by atomic mass is 10.3. The maximum atomic E-state index is 11.2. The number of carbonyl (C=O) groups is 1. The molecule has 2 rings (SSSR count). The average Bonchev–Trinajstić information content (AvgIpc) is 2.70. The van der Waals surface area contributed by atoms with Crippen LogP contribution in [0.3, 0.4) is 0 Å². The molecular weight excluding hydrogens is 224 g/mol. The number of fused-ring (bicyclic) bond motifs is 1. The second kappa shape index (κ2) is 4.77. The van der Waals surface area contributed by atoms with Gasteiger partial charge in [0.2, 0.25) is 0 Å². The number of hydrogen-bond donors (Lipinski definition) is 1. The van der Waals surface area contributed by atoms with Gasteiger partial charge in [0, 0.05) is 0 Å². The van der Waals surface area contributed by atoms with Gasteiger partial charge in [-0.05, 0) is 13.8 Å². The summed E-state index contributed by atoms with van der Waals surface area (Å²) in [4.78, 5) is 19.2. The summed E-state index contributed by atoms with van der Waals surface area (Å²) in [6.07, 6.45) is 1.35. The van der Waals surface area contributed by atoms with Gasteiger partial charge in [-0.3, -0.25) is 4.79 Å². The predicted molar refractivity (Wildman–Crippen MR) is 59.5 cm³/mol. The van der Waals surface area contributed by atoms with Crippen LogP contribution in [-0.4, -0.2) is 34.2 Å². The molecule has 0 spiro atoms. The van der Waals surface area contributed by atoms with Gasteiger partial charge < -0.3 is 14.6 Å². The number of aryl methyl sites for hydroxylation is 1. The number of aromatic nitrogens is 3. The summed E-state index contributed by atoms with van der Waals surface area (Å²) in [6, 6.07) is 0. The number of nitrogens with zero attached hydrogens (tertiary/aromatic N) is 3. The fraction of sp³-hybridized carbons (Fsp3) is 0.400. The summed E-state index contributed by atoms with van der Waals surface area (Å²) in [5.74, 6) is 0.176. The quantitative estimate of drug-likeness (QED) is 0.788. The largest absolute Gasteiger partial charge is 0.465 e. The number of nitrogens with one attached hydrogen (secondary N) is 1. The van der Waals surface area contributed by atoms with Crippen molar-refractivity contribution in [3.05, 3.63) is 12.0 Å². The Morgan fingerprint density at radius 1 is 1.53 bits per heavy atom. The van der Waals surface area contributed by atoms with Crippen molar-refractivity contribution in [3.63, 3.8) is 0 Å². The molecule has 1 N–H and O–H groups in total. The Morgan fingerprint density at radius 3 is 3.12 bits per heavy atom. The molecule has 7 heteroatoms. The first-order chi connectivity index (χ1) is 8.22. The molecule has 2 aromatic rings. The van der Waals surface area contributed by atoms with E-state index >= 15 is 0 Å². The van der Waals surface area contributed by atoms with Crippen LogP contribution in [0.1, 0.15) is 12.6 Å². The predicted octanol–water partition coefficient (Wildman–Crippen LogP) is 0.901. The Balaban J connectivity index is 2.18. The Kier molecular flexibility index (Phi) is 3.17. The van der Waals surface area contributed by atoms with Gasteiger partial charge in [0.15, 0.2) is 0 Å². The smallest absolute Gasteiger partial charge is 0.325 e. The molecule has 7 nitrogen and oxygen atoms in total. The Morgan fingerprint density at radius 2 is 2.35 bits per heavy atom. The Hall–Kier alpha value is -2.18. The van der Waals surface area contributed by atoms with Crippen molar-refractivity contribution < 1.29 is 14.1 Å². The van der Waals surface area contributed by atoms with E-state index in [-0.39, 0.29) is 12.5 Å². The van der Waals surface area contributed by atoms with Crippen molar-refractivity contribution in [2.45, 2.75) is 13.8 Å². The van der Waals surface area contributed by atoms with Gasteiger partial charge in [-0.1, -0.05) is 5.16 Å². The minimum atomic E-state index is -0.339. The molecule has 0 radical (unpaired) electrons. The van der Waals surface area contributed by atoms with Gasteiger partial charge >= 0.3 is 5.97 Å².